The summed E-state index contributed by atoms with van der Waals surface area (Å²) in [5.74, 6) is -1.03. The highest BCUT2D eigenvalue weighted by Crippen LogP contribution is 2.33. The van der Waals surface area contributed by atoms with E-state index < -0.39 is 22.0 Å². The van der Waals surface area contributed by atoms with Gasteiger partial charge in [0.25, 0.3) is 0 Å². The molecule has 0 aromatic heterocycles. The summed E-state index contributed by atoms with van der Waals surface area (Å²) >= 11 is 5.80. The number of halogens is 1. The number of benzene rings is 1. The molecule has 110 valence electrons. The summed E-state index contributed by atoms with van der Waals surface area (Å²) in [6.45, 7) is 0.186. The van der Waals surface area contributed by atoms with Gasteiger partial charge in [0.2, 0.25) is 10.0 Å². The molecule has 0 unspecified atom stereocenters. The first-order valence-corrected chi connectivity index (χ1v) is 7.78. The van der Waals surface area contributed by atoms with Crippen LogP contribution in [0.3, 0.4) is 0 Å². The van der Waals surface area contributed by atoms with Crippen molar-refractivity contribution in [2.24, 2.45) is 0 Å². The Morgan fingerprint density at radius 2 is 2.20 bits per heavy atom. The van der Waals surface area contributed by atoms with Crippen molar-refractivity contribution in [3.05, 3.63) is 23.2 Å². The van der Waals surface area contributed by atoms with E-state index in [9.17, 15) is 13.2 Å². The van der Waals surface area contributed by atoms with E-state index in [2.05, 4.69) is 0 Å². The molecule has 6 nitrogen and oxygen atoms in total. The lowest BCUT2D eigenvalue weighted by molar-refractivity contribution is -0.140. The lowest BCUT2D eigenvalue weighted by Gasteiger charge is -2.22. The molecule has 1 saturated heterocycles. The number of rotatable bonds is 4. The standard InChI is InChI=1S/C12H14ClNO5S/c1-19-10-7-8(13)4-5-11(10)20(17,18)14-6-2-3-9(14)12(15)16/h4-5,7,9H,2-3,6H2,1H3,(H,15,16)/t9-/m0/s1. The maximum Gasteiger partial charge on any atom is 0.322 e. The number of sulfonamides is 1. The Bertz CT molecular complexity index is 631. The SMILES string of the molecule is COc1cc(Cl)ccc1S(=O)(=O)N1CCC[C@H]1C(=O)O. The van der Waals surface area contributed by atoms with Gasteiger partial charge in [0.1, 0.15) is 16.7 Å². The highest BCUT2D eigenvalue weighted by molar-refractivity contribution is 7.89. The van der Waals surface area contributed by atoms with Gasteiger partial charge in [0.05, 0.1) is 7.11 Å². The minimum atomic E-state index is -3.92. The van der Waals surface area contributed by atoms with Crippen LogP contribution >= 0.6 is 11.6 Å². The first-order valence-electron chi connectivity index (χ1n) is 5.96. The second-order valence-electron chi connectivity index (χ2n) is 4.41. The molecule has 1 aliphatic heterocycles. The molecule has 8 heteroatoms. The Hall–Kier alpha value is -1.31. The highest BCUT2D eigenvalue weighted by Gasteiger charge is 2.40. The molecule has 1 heterocycles. The molecule has 0 bridgehead atoms. The predicted octanol–water partition coefficient (Wildman–Crippen LogP) is 1.59. The Labute approximate surface area is 122 Å². The number of carboxylic acids is 1. The molecule has 2 rings (SSSR count). The molecule has 1 atom stereocenters. The highest BCUT2D eigenvalue weighted by atomic mass is 35.5. The van der Waals surface area contributed by atoms with Crippen LogP contribution in [0.4, 0.5) is 0 Å². The average Bonchev–Trinajstić information content (AvgIpc) is 2.88. The van der Waals surface area contributed by atoms with E-state index in [-0.39, 0.29) is 17.2 Å². The maximum absolute atomic E-state index is 12.6. The van der Waals surface area contributed by atoms with Crippen LogP contribution in [0.1, 0.15) is 12.8 Å². The number of nitrogens with zero attached hydrogens (tertiary/aromatic N) is 1. The second-order valence-corrected chi connectivity index (χ2v) is 6.70. The van der Waals surface area contributed by atoms with Gasteiger partial charge in [0.15, 0.2) is 0 Å². The molecule has 0 spiro atoms. The summed E-state index contributed by atoms with van der Waals surface area (Å²) in [7, 11) is -2.59. The minimum absolute atomic E-state index is 0.0717. The zero-order valence-corrected chi connectivity index (χ0v) is 12.3. The molecular weight excluding hydrogens is 306 g/mol. The quantitative estimate of drug-likeness (QED) is 0.911. The van der Waals surface area contributed by atoms with Crippen LogP contribution in [-0.2, 0) is 14.8 Å². The van der Waals surface area contributed by atoms with Gasteiger partial charge in [0, 0.05) is 17.6 Å². The number of carboxylic acid groups (broad SMARTS) is 1. The van der Waals surface area contributed by atoms with Gasteiger partial charge in [-0.2, -0.15) is 4.31 Å². The normalized spacial score (nSPS) is 20.0. The number of hydrogen-bond acceptors (Lipinski definition) is 4. The van der Waals surface area contributed by atoms with E-state index in [0.717, 1.165) is 4.31 Å². The zero-order chi connectivity index (χ0) is 14.9. The van der Waals surface area contributed by atoms with E-state index >= 15 is 0 Å². The molecular formula is C12H14ClNO5S. The van der Waals surface area contributed by atoms with E-state index in [1.807, 2.05) is 0 Å². The van der Waals surface area contributed by atoms with Crippen molar-refractivity contribution in [2.75, 3.05) is 13.7 Å². The van der Waals surface area contributed by atoms with E-state index in [1.54, 1.807) is 0 Å². The fourth-order valence-electron chi connectivity index (χ4n) is 2.26. The van der Waals surface area contributed by atoms with Crippen molar-refractivity contribution in [2.45, 2.75) is 23.8 Å². The van der Waals surface area contributed by atoms with Crippen molar-refractivity contribution < 1.29 is 23.1 Å². The molecule has 1 N–H and O–H groups in total. The van der Waals surface area contributed by atoms with Gasteiger partial charge in [-0.05, 0) is 25.0 Å². The molecule has 1 aromatic carbocycles. The topological polar surface area (TPSA) is 83.9 Å². The van der Waals surface area contributed by atoms with Crippen LogP contribution in [0.15, 0.2) is 23.1 Å². The van der Waals surface area contributed by atoms with Crippen LogP contribution in [0.5, 0.6) is 5.75 Å². The third-order valence-corrected chi connectivity index (χ3v) is 5.38. The number of aliphatic carboxylic acids is 1. The molecule has 20 heavy (non-hydrogen) atoms. The van der Waals surface area contributed by atoms with Crippen LogP contribution in [0.25, 0.3) is 0 Å². The molecule has 0 amide bonds. The summed E-state index contributed by atoms with van der Waals surface area (Å²) in [5, 5.41) is 9.45. The van der Waals surface area contributed by atoms with Crippen molar-refractivity contribution in [1.82, 2.24) is 4.31 Å². The van der Waals surface area contributed by atoms with E-state index in [4.69, 9.17) is 21.4 Å². The zero-order valence-electron chi connectivity index (χ0n) is 10.7. The summed E-state index contributed by atoms with van der Waals surface area (Å²) in [6, 6.07) is 3.12. The number of ether oxygens (including phenoxy) is 1. The van der Waals surface area contributed by atoms with Gasteiger partial charge in [-0.25, -0.2) is 8.42 Å². The average molecular weight is 320 g/mol. The molecule has 1 aromatic rings. The van der Waals surface area contributed by atoms with E-state index in [0.29, 0.717) is 17.9 Å². The van der Waals surface area contributed by atoms with E-state index in [1.165, 1.54) is 25.3 Å². The van der Waals surface area contributed by atoms with Crippen molar-refractivity contribution in [3.63, 3.8) is 0 Å². The second kappa shape index (κ2) is 5.59. The molecule has 1 aliphatic rings. The summed E-state index contributed by atoms with van der Waals surface area (Å²) in [4.78, 5) is 11.1. The summed E-state index contributed by atoms with van der Waals surface area (Å²) in [6.07, 6.45) is 0.830. The largest absolute Gasteiger partial charge is 0.495 e. The van der Waals surface area contributed by atoms with Gasteiger partial charge in [-0.3, -0.25) is 4.79 Å². The Balaban J connectivity index is 2.47. The smallest absolute Gasteiger partial charge is 0.322 e. The number of hydrogen-bond donors (Lipinski definition) is 1. The van der Waals surface area contributed by atoms with Gasteiger partial charge < -0.3 is 9.84 Å². The number of methoxy groups -OCH3 is 1. The third kappa shape index (κ3) is 2.61. The van der Waals surface area contributed by atoms with Crippen molar-refractivity contribution in [1.29, 1.82) is 0 Å². The van der Waals surface area contributed by atoms with Crippen molar-refractivity contribution in [3.8, 4) is 5.75 Å². The number of carbonyl (C=O) groups is 1. The molecule has 0 radical (unpaired) electrons. The first kappa shape index (κ1) is 15.1. The van der Waals surface area contributed by atoms with Gasteiger partial charge in [-0.15, -0.1) is 0 Å². The minimum Gasteiger partial charge on any atom is -0.495 e. The molecule has 1 fully saturated rings. The van der Waals surface area contributed by atoms with Crippen LogP contribution in [0, 0.1) is 0 Å². The Morgan fingerprint density at radius 3 is 2.80 bits per heavy atom. The monoisotopic (exact) mass is 319 g/mol. The molecule has 0 saturated carbocycles. The van der Waals surface area contributed by atoms with Crippen LogP contribution in [-0.4, -0.2) is 43.5 Å². The molecule has 0 aliphatic carbocycles. The maximum atomic E-state index is 12.6. The van der Waals surface area contributed by atoms with Crippen molar-refractivity contribution >= 4 is 27.6 Å². The first-order chi connectivity index (χ1) is 9.37. The lowest BCUT2D eigenvalue weighted by Crippen LogP contribution is -2.40. The fourth-order valence-corrected chi connectivity index (χ4v) is 4.21. The van der Waals surface area contributed by atoms with Crippen LogP contribution in [0.2, 0.25) is 5.02 Å². The van der Waals surface area contributed by atoms with Gasteiger partial charge >= 0.3 is 5.97 Å². The Kier molecular flexibility index (Phi) is 4.22. The van der Waals surface area contributed by atoms with Gasteiger partial charge in [-0.1, -0.05) is 11.6 Å². The fraction of sp³-hybridized carbons (Fsp3) is 0.417. The third-order valence-electron chi connectivity index (χ3n) is 3.20. The Morgan fingerprint density at radius 1 is 1.50 bits per heavy atom. The predicted molar refractivity (Wildman–Crippen MR) is 72.6 cm³/mol. The summed E-state index contributed by atoms with van der Waals surface area (Å²) in [5.41, 5.74) is 0. The van der Waals surface area contributed by atoms with Crippen LogP contribution < -0.4 is 4.74 Å². The summed E-state index contributed by atoms with van der Waals surface area (Å²) < 4.78 is 31.2. The lowest BCUT2D eigenvalue weighted by atomic mass is 10.2.